The van der Waals surface area contributed by atoms with Crippen LogP contribution in [0.4, 0.5) is 15.8 Å². The molecule has 0 aromatic heterocycles. The van der Waals surface area contributed by atoms with Gasteiger partial charge in [0, 0.05) is 28.7 Å². The first kappa shape index (κ1) is 15.8. The first-order valence-electron chi connectivity index (χ1n) is 6.20. The highest BCUT2D eigenvalue weighted by Gasteiger charge is 2.06. The van der Waals surface area contributed by atoms with Gasteiger partial charge in [-0.3, -0.25) is 4.79 Å². The zero-order chi connectivity index (χ0) is 15.4. The monoisotopic (exact) mass is 370 g/mol. The van der Waals surface area contributed by atoms with Gasteiger partial charge in [-0.1, -0.05) is 27.5 Å². The van der Waals surface area contributed by atoms with E-state index in [0.29, 0.717) is 22.9 Å². The van der Waals surface area contributed by atoms with Crippen molar-refractivity contribution < 1.29 is 9.18 Å². The highest BCUT2D eigenvalue weighted by atomic mass is 79.9. The molecule has 2 rings (SSSR count). The van der Waals surface area contributed by atoms with E-state index in [1.54, 1.807) is 12.1 Å². The summed E-state index contributed by atoms with van der Waals surface area (Å²) in [6.07, 6.45) is 0. The molecule has 2 aromatic carbocycles. The molecule has 0 unspecified atom stereocenters. The lowest BCUT2D eigenvalue weighted by molar-refractivity contribution is -0.114. The molecule has 3 nitrogen and oxygen atoms in total. The van der Waals surface area contributed by atoms with Gasteiger partial charge in [0.25, 0.3) is 0 Å². The molecule has 0 fully saturated rings. The molecule has 0 bridgehead atoms. The zero-order valence-corrected chi connectivity index (χ0v) is 13.6. The third-order valence-corrected chi connectivity index (χ3v) is 3.63. The number of hydrogen-bond donors (Lipinski definition) is 2. The van der Waals surface area contributed by atoms with Crippen molar-refractivity contribution in [3.05, 3.63) is 57.3 Å². The molecular formula is C15H13BrClFN2O. The van der Waals surface area contributed by atoms with Gasteiger partial charge >= 0.3 is 0 Å². The summed E-state index contributed by atoms with van der Waals surface area (Å²) in [5.74, 6) is -0.599. The van der Waals surface area contributed by atoms with Crippen LogP contribution in [0.2, 0.25) is 5.02 Å². The van der Waals surface area contributed by atoms with Crippen molar-refractivity contribution in [3.63, 3.8) is 0 Å². The number of hydrogen-bond acceptors (Lipinski definition) is 2. The van der Waals surface area contributed by atoms with Gasteiger partial charge in [0.05, 0.1) is 5.69 Å². The van der Waals surface area contributed by atoms with E-state index in [9.17, 15) is 9.18 Å². The Bertz CT molecular complexity index is 679. The fourth-order valence-electron chi connectivity index (χ4n) is 1.81. The van der Waals surface area contributed by atoms with Crippen LogP contribution in [0.25, 0.3) is 0 Å². The van der Waals surface area contributed by atoms with E-state index >= 15 is 0 Å². The minimum absolute atomic E-state index is 0.206. The van der Waals surface area contributed by atoms with Gasteiger partial charge < -0.3 is 10.6 Å². The fourth-order valence-corrected chi connectivity index (χ4v) is 2.40. The smallest absolute Gasteiger partial charge is 0.221 e. The number of nitrogens with one attached hydrogen (secondary N) is 2. The second kappa shape index (κ2) is 6.91. The van der Waals surface area contributed by atoms with Gasteiger partial charge in [0.1, 0.15) is 5.82 Å². The van der Waals surface area contributed by atoms with Gasteiger partial charge in [-0.2, -0.15) is 0 Å². The molecule has 2 N–H and O–H groups in total. The highest BCUT2D eigenvalue weighted by Crippen LogP contribution is 2.24. The Kier molecular flexibility index (Phi) is 5.20. The van der Waals surface area contributed by atoms with E-state index in [1.807, 2.05) is 12.1 Å². The summed E-state index contributed by atoms with van der Waals surface area (Å²) in [6, 6.07) is 9.83. The number of carbonyl (C=O) groups excluding carboxylic acids is 1. The van der Waals surface area contributed by atoms with E-state index < -0.39 is 5.82 Å². The van der Waals surface area contributed by atoms with Gasteiger partial charge in [-0.05, 0) is 42.0 Å². The molecule has 0 heterocycles. The van der Waals surface area contributed by atoms with E-state index in [4.69, 9.17) is 11.6 Å². The summed E-state index contributed by atoms with van der Waals surface area (Å²) in [7, 11) is 0. The first-order chi connectivity index (χ1) is 9.95. The normalized spacial score (nSPS) is 10.3. The van der Waals surface area contributed by atoms with Crippen LogP contribution >= 0.6 is 27.5 Å². The van der Waals surface area contributed by atoms with Crippen molar-refractivity contribution in [2.75, 3.05) is 10.6 Å². The van der Waals surface area contributed by atoms with Gasteiger partial charge in [0.15, 0.2) is 0 Å². The third kappa shape index (κ3) is 4.44. The van der Waals surface area contributed by atoms with E-state index in [2.05, 4.69) is 26.6 Å². The quantitative estimate of drug-likeness (QED) is 0.809. The Labute approximate surface area is 135 Å². The lowest BCUT2D eigenvalue weighted by atomic mass is 10.2. The van der Waals surface area contributed by atoms with Gasteiger partial charge in [0.2, 0.25) is 5.91 Å². The van der Waals surface area contributed by atoms with Crippen LogP contribution < -0.4 is 10.6 Å². The van der Waals surface area contributed by atoms with Crippen molar-refractivity contribution in [2.24, 2.45) is 0 Å². The number of rotatable bonds is 4. The minimum atomic E-state index is -0.393. The second-order valence-corrected chi connectivity index (χ2v) is 5.79. The number of benzene rings is 2. The maximum absolute atomic E-state index is 13.8. The predicted molar refractivity (Wildman–Crippen MR) is 87.2 cm³/mol. The van der Waals surface area contributed by atoms with Crippen LogP contribution in [-0.2, 0) is 11.3 Å². The SMILES string of the molecule is CC(=O)Nc1ccc(F)c(NCc2cc(Br)ccc2Cl)c1. The molecule has 0 atom stereocenters. The predicted octanol–water partition coefficient (Wildman–Crippen LogP) is 4.81. The van der Waals surface area contributed by atoms with Crippen molar-refractivity contribution in [1.29, 1.82) is 0 Å². The molecule has 0 aliphatic carbocycles. The number of carbonyl (C=O) groups is 1. The van der Waals surface area contributed by atoms with Crippen molar-refractivity contribution >= 4 is 44.8 Å². The summed E-state index contributed by atoms with van der Waals surface area (Å²) >= 11 is 9.46. The van der Waals surface area contributed by atoms with Crippen molar-refractivity contribution in [2.45, 2.75) is 13.5 Å². The number of halogens is 3. The van der Waals surface area contributed by atoms with Gasteiger partial charge in [-0.25, -0.2) is 4.39 Å². The molecule has 1 amide bonds. The molecule has 110 valence electrons. The number of anilines is 2. The average Bonchev–Trinajstić information content (AvgIpc) is 2.42. The summed E-state index contributed by atoms with van der Waals surface area (Å²) in [5, 5.41) is 6.19. The maximum Gasteiger partial charge on any atom is 0.221 e. The molecule has 0 saturated carbocycles. The Morgan fingerprint density at radius 2 is 2.05 bits per heavy atom. The van der Waals surface area contributed by atoms with Crippen LogP contribution in [0.3, 0.4) is 0 Å². The lowest BCUT2D eigenvalue weighted by Crippen LogP contribution is -2.07. The van der Waals surface area contributed by atoms with Gasteiger partial charge in [-0.15, -0.1) is 0 Å². The minimum Gasteiger partial charge on any atom is -0.378 e. The molecule has 0 aliphatic rings. The standard InChI is InChI=1S/C15H13BrClFN2O/c1-9(21)20-12-3-5-14(18)15(7-12)19-8-10-6-11(16)2-4-13(10)17/h2-7,19H,8H2,1H3,(H,20,21). The van der Waals surface area contributed by atoms with E-state index in [0.717, 1.165) is 10.0 Å². The van der Waals surface area contributed by atoms with Crippen molar-refractivity contribution in [1.82, 2.24) is 0 Å². The molecule has 0 saturated heterocycles. The molecule has 21 heavy (non-hydrogen) atoms. The van der Waals surface area contributed by atoms with E-state index in [-0.39, 0.29) is 5.91 Å². The molecule has 0 aliphatic heterocycles. The van der Waals surface area contributed by atoms with Crippen LogP contribution in [-0.4, -0.2) is 5.91 Å². The number of amides is 1. The molecule has 2 aromatic rings. The second-order valence-electron chi connectivity index (χ2n) is 4.47. The summed E-state index contributed by atoms with van der Waals surface area (Å²) < 4.78 is 14.7. The molecule has 0 spiro atoms. The van der Waals surface area contributed by atoms with Crippen LogP contribution in [0.1, 0.15) is 12.5 Å². The summed E-state index contributed by atoms with van der Waals surface area (Å²) in [5.41, 5.74) is 1.68. The third-order valence-electron chi connectivity index (χ3n) is 2.76. The fraction of sp³-hybridized carbons (Fsp3) is 0.133. The van der Waals surface area contributed by atoms with E-state index in [1.165, 1.54) is 19.1 Å². The zero-order valence-electron chi connectivity index (χ0n) is 11.2. The first-order valence-corrected chi connectivity index (χ1v) is 7.38. The Morgan fingerprint density at radius 1 is 1.29 bits per heavy atom. The lowest BCUT2D eigenvalue weighted by Gasteiger charge is -2.11. The summed E-state index contributed by atoms with van der Waals surface area (Å²) in [6.45, 7) is 1.77. The van der Waals surface area contributed by atoms with Crippen molar-refractivity contribution in [3.8, 4) is 0 Å². The average molecular weight is 372 g/mol. The molecular weight excluding hydrogens is 359 g/mol. The molecule has 0 radical (unpaired) electrons. The summed E-state index contributed by atoms with van der Waals surface area (Å²) in [4.78, 5) is 11.0. The maximum atomic E-state index is 13.8. The molecule has 6 heteroatoms. The highest BCUT2D eigenvalue weighted by molar-refractivity contribution is 9.10. The Balaban J connectivity index is 2.15. The Hall–Kier alpha value is -1.59. The largest absolute Gasteiger partial charge is 0.378 e. The topological polar surface area (TPSA) is 41.1 Å². The van der Waals surface area contributed by atoms with Crippen LogP contribution in [0.15, 0.2) is 40.9 Å². The van der Waals surface area contributed by atoms with Crippen LogP contribution in [0.5, 0.6) is 0 Å². The Morgan fingerprint density at radius 3 is 2.76 bits per heavy atom. The van der Waals surface area contributed by atoms with Crippen LogP contribution in [0, 0.1) is 5.82 Å².